The summed E-state index contributed by atoms with van der Waals surface area (Å²) in [5, 5.41) is 3.56. The molecule has 22 heavy (non-hydrogen) atoms. The number of nitrogens with one attached hydrogen (secondary N) is 1. The SMILES string of the molecule is COc1nc2ccccc2nc1OCCCC1CCCCN1. The Labute approximate surface area is 131 Å². The second-order valence-electron chi connectivity index (χ2n) is 5.66. The van der Waals surface area contributed by atoms with E-state index in [1.807, 2.05) is 24.3 Å². The van der Waals surface area contributed by atoms with Crippen LogP contribution in [0.4, 0.5) is 0 Å². The molecule has 5 nitrogen and oxygen atoms in total. The molecule has 0 spiro atoms. The first-order chi connectivity index (χ1) is 10.9. The summed E-state index contributed by atoms with van der Waals surface area (Å²) in [6.07, 6.45) is 6.07. The van der Waals surface area contributed by atoms with Crippen LogP contribution in [0.3, 0.4) is 0 Å². The molecule has 1 unspecified atom stereocenters. The molecule has 2 heterocycles. The molecule has 3 rings (SSSR count). The lowest BCUT2D eigenvalue weighted by molar-refractivity contribution is 0.259. The maximum atomic E-state index is 5.80. The van der Waals surface area contributed by atoms with E-state index in [0.717, 1.165) is 30.4 Å². The summed E-state index contributed by atoms with van der Waals surface area (Å²) in [7, 11) is 1.59. The summed E-state index contributed by atoms with van der Waals surface area (Å²) in [6, 6.07) is 8.38. The van der Waals surface area contributed by atoms with Crippen molar-refractivity contribution in [1.82, 2.24) is 15.3 Å². The van der Waals surface area contributed by atoms with Gasteiger partial charge >= 0.3 is 0 Å². The van der Waals surface area contributed by atoms with Crippen molar-refractivity contribution >= 4 is 11.0 Å². The van der Waals surface area contributed by atoms with Crippen LogP contribution >= 0.6 is 0 Å². The molecule has 2 aromatic rings. The molecule has 1 saturated heterocycles. The summed E-state index contributed by atoms with van der Waals surface area (Å²) in [4.78, 5) is 8.95. The van der Waals surface area contributed by atoms with Crippen molar-refractivity contribution in [2.75, 3.05) is 20.3 Å². The highest BCUT2D eigenvalue weighted by molar-refractivity contribution is 5.75. The number of nitrogens with zero attached hydrogens (tertiary/aromatic N) is 2. The molecule has 1 aliphatic heterocycles. The highest BCUT2D eigenvalue weighted by Gasteiger charge is 2.13. The molecule has 118 valence electrons. The van der Waals surface area contributed by atoms with Crippen molar-refractivity contribution in [3.8, 4) is 11.8 Å². The van der Waals surface area contributed by atoms with Gasteiger partial charge in [-0.05, 0) is 44.4 Å². The van der Waals surface area contributed by atoms with Gasteiger partial charge in [-0.25, -0.2) is 9.97 Å². The Morgan fingerprint density at radius 2 is 1.91 bits per heavy atom. The molecule has 0 bridgehead atoms. The van der Waals surface area contributed by atoms with E-state index in [4.69, 9.17) is 9.47 Å². The van der Waals surface area contributed by atoms with E-state index < -0.39 is 0 Å². The smallest absolute Gasteiger partial charge is 0.278 e. The number of hydrogen-bond acceptors (Lipinski definition) is 5. The second kappa shape index (κ2) is 7.40. The Balaban J connectivity index is 1.58. The molecular weight excluding hydrogens is 278 g/mol. The maximum Gasteiger partial charge on any atom is 0.278 e. The van der Waals surface area contributed by atoms with Gasteiger partial charge in [0.05, 0.1) is 24.8 Å². The molecular formula is C17H23N3O2. The van der Waals surface area contributed by atoms with E-state index >= 15 is 0 Å². The fourth-order valence-electron chi connectivity index (χ4n) is 2.86. The summed E-state index contributed by atoms with van der Waals surface area (Å²) >= 11 is 0. The van der Waals surface area contributed by atoms with Gasteiger partial charge in [0.2, 0.25) is 0 Å². The Kier molecular flexibility index (Phi) is 5.06. The molecule has 0 amide bonds. The summed E-state index contributed by atoms with van der Waals surface area (Å²) in [5.41, 5.74) is 1.64. The topological polar surface area (TPSA) is 56.3 Å². The summed E-state index contributed by atoms with van der Waals surface area (Å²) in [5.74, 6) is 0.937. The van der Waals surface area contributed by atoms with Crippen LogP contribution in [-0.4, -0.2) is 36.3 Å². The minimum absolute atomic E-state index is 0.453. The highest BCUT2D eigenvalue weighted by Crippen LogP contribution is 2.25. The van der Waals surface area contributed by atoms with Gasteiger partial charge in [0.1, 0.15) is 0 Å². The summed E-state index contributed by atoms with van der Waals surface area (Å²) in [6.45, 7) is 1.79. The van der Waals surface area contributed by atoms with E-state index in [9.17, 15) is 0 Å². The largest absolute Gasteiger partial charge is 0.477 e. The van der Waals surface area contributed by atoms with Crippen LogP contribution in [0, 0.1) is 0 Å². The number of rotatable bonds is 6. The second-order valence-corrected chi connectivity index (χ2v) is 5.66. The number of fused-ring (bicyclic) bond motifs is 1. The van der Waals surface area contributed by atoms with Gasteiger partial charge in [-0.2, -0.15) is 0 Å². The van der Waals surface area contributed by atoms with Crippen LogP contribution in [0.2, 0.25) is 0 Å². The minimum Gasteiger partial charge on any atom is -0.477 e. The number of methoxy groups -OCH3 is 1. The van der Waals surface area contributed by atoms with Crippen molar-refractivity contribution < 1.29 is 9.47 Å². The van der Waals surface area contributed by atoms with Crippen LogP contribution < -0.4 is 14.8 Å². The third-order valence-electron chi connectivity index (χ3n) is 4.05. The zero-order valence-corrected chi connectivity index (χ0v) is 13.0. The zero-order valence-electron chi connectivity index (χ0n) is 13.0. The zero-order chi connectivity index (χ0) is 15.2. The average molecular weight is 301 g/mol. The van der Waals surface area contributed by atoms with Gasteiger partial charge in [0, 0.05) is 6.04 Å². The number of piperidine rings is 1. The van der Waals surface area contributed by atoms with Crippen molar-refractivity contribution in [2.24, 2.45) is 0 Å². The Bertz CT molecular complexity index is 612. The van der Waals surface area contributed by atoms with Crippen LogP contribution in [0.15, 0.2) is 24.3 Å². The quantitative estimate of drug-likeness (QED) is 0.831. The molecule has 0 aliphatic carbocycles. The first-order valence-electron chi connectivity index (χ1n) is 8.04. The van der Waals surface area contributed by atoms with Gasteiger partial charge in [0.15, 0.2) is 0 Å². The molecule has 5 heteroatoms. The predicted molar refractivity (Wildman–Crippen MR) is 86.5 cm³/mol. The predicted octanol–water partition coefficient (Wildman–Crippen LogP) is 2.94. The molecule has 1 atom stereocenters. The minimum atomic E-state index is 0.453. The number of hydrogen-bond donors (Lipinski definition) is 1. The van der Waals surface area contributed by atoms with E-state index in [0.29, 0.717) is 24.4 Å². The van der Waals surface area contributed by atoms with E-state index in [2.05, 4.69) is 15.3 Å². The molecule has 0 radical (unpaired) electrons. The van der Waals surface area contributed by atoms with Crippen molar-refractivity contribution in [3.63, 3.8) is 0 Å². The monoisotopic (exact) mass is 301 g/mol. The van der Waals surface area contributed by atoms with E-state index in [1.165, 1.54) is 19.3 Å². The highest BCUT2D eigenvalue weighted by atomic mass is 16.5. The molecule has 1 aliphatic rings. The van der Waals surface area contributed by atoms with Crippen molar-refractivity contribution in [3.05, 3.63) is 24.3 Å². The lowest BCUT2D eigenvalue weighted by Gasteiger charge is -2.23. The number of benzene rings is 1. The summed E-state index contributed by atoms with van der Waals surface area (Å²) < 4.78 is 11.1. The van der Waals surface area contributed by atoms with Gasteiger partial charge in [-0.15, -0.1) is 0 Å². The fourth-order valence-corrected chi connectivity index (χ4v) is 2.86. The number of para-hydroxylation sites is 2. The lowest BCUT2D eigenvalue weighted by atomic mass is 10.0. The van der Waals surface area contributed by atoms with Crippen LogP contribution in [0.1, 0.15) is 32.1 Å². The first-order valence-corrected chi connectivity index (χ1v) is 8.04. The molecule has 0 saturated carbocycles. The van der Waals surface area contributed by atoms with Crippen LogP contribution in [0.5, 0.6) is 11.8 Å². The molecule has 1 aromatic carbocycles. The van der Waals surface area contributed by atoms with Crippen LogP contribution in [0.25, 0.3) is 11.0 Å². The molecule has 1 fully saturated rings. The van der Waals surface area contributed by atoms with Gasteiger partial charge in [0.25, 0.3) is 11.8 Å². The normalized spacial score (nSPS) is 18.3. The average Bonchev–Trinajstić information content (AvgIpc) is 2.59. The lowest BCUT2D eigenvalue weighted by Crippen LogP contribution is -2.34. The Morgan fingerprint density at radius 1 is 1.14 bits per heavy atom. The van der Waals surface area contributed by atoms with E-state index in [1.54, 1.807) is 7.11 Å². The number of ether oxygens (including phenoxy) is 2. The van der Waals surface area contributed by atoms with Crippen molar-refractivity contribution in [2.45, 2.75) is 38.1 Å². The molecule has 1 aromatic heterocycles. The third kappa shape index (κ3) is 3.65. The Hall–Kier alpha value is -1.88. The Morgan fingerprint density at radius 3 is 2.59 bits per heavy atom. The first kappa shape index (κ1) is 15.0. The van der Waals surface area contributed by atoms with Crippen molar-refractivity contribution in [1.29, 1.82) is 0 Å². The van der Waals surface area contributed by atoms with Gasteiger partial charge in [-0.3, -0.25) is 0 Å². The maximum absolute atomic E-state index is 5.80. The van der Waals surface area contributed by atoms with Gasteiger partial charge < -0.3 is 14.8 Å². The third-order valence-corrected chi connectivity index (χ3v) is 4.05. The van der Waals surface area contributed by atoms with Crippen LogP contribution in [-0.2, 0) is 0 Å². The molecule has 1 N–H and O–H groups in total. The number of aromatic nitrogens is 2. The van der Waals surface area contributed by atoms with Gasteiger partial charge in [-0.1, -0.05) is 18.6 Å². The standard InChI is InChI=1S/C17H23N3O2/c1-21-16-17(20-15-10-3-2-9-14(15)19-16)22-12-6-8-13-7-4-5-11-18-13/h2-3,9-10,13,18H,4-8,11-12H2,1H3. The fraction of sp³-hybridized carbons (Fsp3) is 0.529. The van der Waals surface area contributed by atoms with E-state index in [-0.39, 0.29) is 0 Å².